The van der Waals surface area contributed by atoms with Crippen LogP contribution in [0, 0.1) is 29.6 Å². The monoisotopic (exact) mass is 552 g/mol. The fourth-order valence-electron chi connectivity index (χ4n) is 8.46. The van der Waals surface area contributed by atoms with Gasteiger partial charge in [0.15, 0.2) is 0 Å². The maximum atomic E-state index is 13.8. The van der Waals surface area contributed by atoms with Gasteiger partial charge in [0.2, 0.25) is 5.91 Å². The van der Waals surface area contributed by atoms with E-state index in [1.54, 1.807) is 35.4 Å². The predicted octanol–water partition coefficient (Wildman–Crippen LogP) is 0.860. The maximum Gasteiger partial charge on any atom is 0.217 e. The van der Waals surface area contributed by atoms with E-state index in [1.807, 2.05) is 0 Å². The summed E-state index contributed by atoms with van der Waals surface area (Å²) in [5.41, 5.74) is 6.42. The van der Waals surface area contributed by atoms with Crippen LogP contribution < -0.4 is 21.7 Å². The molecule has 0 spiro atoms. The van der Waals surface area contributed by atoms with Gasteiger partial charge in [-0.25, -0.2) is 0 Å². The Balaban J connectivity index is 1.55. The van der Waals surface area contributed by atoms with E-state index in [2.05, 4.69) is 22.9 Å². The number of nitrogens with two attached hydrogens (primary N) is 1. The SMILES string of the molecule is COC1CC2CCC(NC(C)=O)C3CC(=O)C(NCC4CNC(C)C(N)C4OC)CCC3C2C(OC)C1OC. The molecule has 4 rings (SSSR count). The third-order valence-electron chi connectivity index (χ3n) is 10.4. The lowest BCUT2D eigenvalue weighted by atomic mass is 9.64. The van der Waals surface area contributed by atoms with Crippen molar-refractivity contribution in [3.63, 3.8) is 0 Å². The second-order valence-corrected chi connectivity index (χ2v) is 12.4. The number of methoxy groups -OCH3 is 4. The lowest BCUT2D eigenvalue weighted by Gasteiger charge is -2.48. The van der Waals surface area contributed by atoms with Crippen molar-refractivity contribution in [2.45, 2.75) is 101 Å². The molecule has 0 radical (unpaired) electrons. The van der Waals surface area contributed by atoms with Crippen LogP contribution in [0.1, 0.15) is 52.4 Å². The Labute approximate surface area is 234 Å². The van der Waals surface area contributed by atoms with Gasteiger partial charge in [-0.15, -0.1) is 0 Å². The minimum Gasteiger partial charge on any atom is -0.379 e. The standard InChI is InChI=1S/C29H52N4O6/c1-15-26(30)27(37-4)18(13-31-15)14-32-22-10-8-19-20(12-23(22)35)21(33-16(2)34)9-7-17-11-24(36-3)28(38-5)29(39-6)25(17)19/h15,17-22,24-29,31-32H,7-14,30H2,1-6H3,(H,33,34). The molecule has 10 nitrogen and oxygen atoms in total. The first-order chi connectivity index (χ1) is 18.7. The molecule has 0 aromatic heterocycles. The summed E-state index contributed by atoms with van der Waals surface area (Å²) in [6.07, 6.45) is 4.45. The molecule has 10 heteroatoms. The summed E-state index contributed by atoms with van der Waals surface area (Å²) in [7, 11) is 6.96. The fourth-order valence-corrected chi connectivity index (χ4v) is 8.46. The van der Waals surface area contributed by atoms with Gasteiger partial charge < -0.3 is 40.6 Å². The number of carbonyl (C=O) groups is 2. The number of ether oxygens (including phenoxy) is 4. The number of nitrogens with one attached hydrogen (secondary N) is 3. The average Bonchev–Trinajstić information content (AvgIpc) is 3.16. The molecule has 1 saturated heterocycles. The van der Waals surface area contributed by atoms with Crippen LogP contribution in [0.2, 0.25) is 0 Å². The normalized spacial score (nSPS) is 45.0. The molecule has 0 aromatic rings. The number of fused-ring (bicyclic) bond motifs is 3. The highest BCUT2D eigenvalue weighted by molar-refractivity contribution is 5.84. The Morgan fingerprint density at radius 1 is 0.974 bits per heavy atom. The molecule has 0 aromatic carbocycles. The van der Waals surface area contributed by atoms with Gasteiger partial charge in [0, 0.05) is 78.9 Å². The number of piperidine rings is 1. The first-order valence-electron chi connectivity index (χ1n) is 14.9. The highest BCUT2D eigenvalue weighted by Gasteiger charge is 2.54. The number of carbonyl (C=O) groups excluding carboxylic acids is 2. The first-order valence-corrected chi connectivity index (χ1v) is 14.9. The Kier molecular flexibility index (Phi) is 10.8. The summed E-state index contributed by atoms with van der Waals surface area (Å²) in [4.78, 5) is 26.0. The number of ketones is 1. The van der Waals surface area contributed by atoms with Gasteiger partial charge in [-0.1, -0.05) is 0 Å². The van der Waals surface area contributed by atoms with Crippen molar-refractivity contribution < 1.29 is 28.5 Å². The zero-order chi connectivity index (χ0) is 28.3. The lowest BCUT2D eigenvalue weighted by molar-refractivity contribution is -0.178. The van der Waals surface area contributed by atoms with Crippen molar-refractivity contribution in [1.29, 1.82) is 0 Å². The van der Waals surface area contributed by atoms with Gasteiger partial charge in [0.1, 0.15) is 11.9 Å². The molecule has 5 N–H and O–H groups in total. The van der Waals surface area contributed by atoms with Crippen LogP contribution in [0.4, 0.5) is 0 Å². The third kappa shape index (κ3) is 6.52. The lowest BCUT2D eigenvalue weighted by Crippen LogP contribution is -2.62. The van der Waals surface area contributed by atoms with E-state index < -0.39 is 0 Å². The van der Waals surface area contributed by atoms with Crippen LogP contribution in [-0.2, 0) is 28.5 Å². The zero-order valence-corrected chi connectivity index (χ0v) is 24.7. The van der Waals surface area contributed by atoms with Gasteiger partial charge >= 0.3 is 0 Å². The summed E-state index contributed by atoms with van der Waals surface area (Å²) in [5, 5.41) is 10.3. The minimum atomic E-state index is -0.226. The van der Waals surface area contributed by atoms with Gasteiger partial charge in [-0.2, -0.15) is 0 Å². The minimum absolute atomic E-state index is 0.0276. The molecule has 39 heavy (non-hydrogen) atoms. The van der Waals surface area contributed by atoms with Crippen LogP contribution in [-0.4, -0.2) is 102 Å². The zero-order valence-electron chi connectivity index (χ0n) is 24.7. The molecule has 4 fully saturated rings. The van der Waals surface area contributed by atoms with E-state index >= 15 is 0 Å². The second-order valence-electron chi connectivity index (χ2n) is 12.4. The maximum absolute atomic E-state index is 13.8. The summed E-state index contributed by atoms with van der Waals surface area (Å²) in [6, 6.07) is -0.158. The smallest absolute Gasteiger partial charge is 0.217 e. The molecule has 13 unspecified atom stereocenters. The molecular weight excluding hydrogens is 500 g/mol. The summed E-state index contributed by atoms with van der Waals surface area (Å²) in [6.45, 7) is 5.13. The van der Waals surface area contributed by atoms with E-state index in [0.717, 1.165) is 38.6 Å². The molecule has 3 saturated carbocycles. The van der Waals surface area contributed by atoms with Crippen LogP contribution in [0.5, 0.6) is 0 Å². The topological polar surface area (TPSA) is 133 Å². The predicted molar refractivity (Wildman–Crippen MR) is 148 cm³/mol. The Morgan fingerprint density at radius 2 is 1.69 bits per heavy atom. The average molecular weight is 553 g/mol. The highest BCUT2D eigenvalue weighted by atomic mass is 16.6. The van der Waals surface area contributed by atoms with Crippen LogP contribution >= 0.6 is 0 Å². The third-order valence-corrected chi connectivity index (χ3v) is 10.4. The number of amides is 1. The molecule has 3 aliphatic carbocycles. The summed E-state index contributed by atoms with van der Waals surface area (Å²) < 4.78 is 23.7. The summed E-state index contributed by atoms with van der Waals surface area (Å²) >= 11 is 0. The van der Waals surface area contributed by atoms with E-state index in [9.17, 15) is 9.59 Å². The summed E-state index contributed by atoms with van der Waals surface area (Å²) in [5.74, 6) is 1.30. The molecule has 0 bridgehead atoms. The number of Topliss-reactive ketones (excluding diaryl/α,β-unsaturated/α-hetero) is 1. The fraction of sp³-hybridized carbons (Fsp3) is 0.931. The molecule has 13 atom stereocenters. The van der Waals surface area contributed by atoms with E-state index in [1.165, 1.54) is 0 Å². The van der Waals surface area contributed by atoms with E-state index in [4.69, 9.17) is 24.7 Å². The van der Waals surface area contributed by atoms with Gasteiger partial charge in [0.05, 0.1) is 24.4 Å². The van der Waals surface area contributed by atoms with Crippen LogP contribution in [0.3, 0.4) is 0 Å². The van der Waals surface area contributed by atoms with Crippen molar-refractivity contribution in [3.8, 4) is 0 Å². The van der Waals surface area contributed by atoms with Crippen molar-refractivity contribution in [3.05, 3.63) is 0 Å². The van der Waals surface area contributed by atoms with Crippen molar-refractivity contribution in [2.75, 3.05) is 41.5 Å². The molecule has 1 aliphatic heterocycles. The van der Waals surface area contributed by atoms with E-state index in [-0.39, 0.29) is 83.9 Å². The Morgan fingerprint density at radius 3 is 2.33 bits per heavy atom. The Hall–Kier alpha value is -1.14. The van der Waals surface area contributed by atoms with Gasteiger partial charge in [-0.3, -0.25) is 9.59 Å². The molecule has 1 heterocycles. The van der Waals surface area contributed by atoms with Crippen molar-refractivity contribution >= 4 is 11.7 Å². The van der Waals surface area contributed by atoms with Crippen LogP contribution in [0.15, 0.2) is 0 Å². The second kappa shape index (κ2) is 13.7. The molecular formula is C29H52N4O6. The Bertz CT molecular complexity index is 832. The number of hydrogen-bond donors (Lipinski definition) is 4. The quantitative estimate of drug-likeness (QED) is 0.346. The molecule has 224 valence electrons. The number of rotatable bonds is 8. The molecule has 1 amide bonds. The number of hydrogen-bond acceptors (Lipinski definition) is 9. The largest absolute Gasteiger partial charge is 0.379 e. The van der Waals surface area contributed by atoms with Crippen LogP contribution in [0.25, 0.3) is 0 Å². The highest BCUT2D eigenvalue weighted by Crippen LogP contribution is 2.50. The molecule has 4 aliphatic rings. The first kappa shape index (κ1) is 30.8. The van der Waals surface area contributed by atoms with Gasteiger partial charge in [-0.05, 0) is 62.7 Å². The van der Waals surface area contributed by atoms with E-state index in [0.29, 0.717) is 18.9 Å². The van der Waals surface area contributed by atoms with Crippen molar-refractivity contribution in [1.82, 2.24) is 16.0 Å². The van der Waals surface area contributed by atoms with Crippen molar-refractivity contribution in [2.24, 2.45) is 35.3 Å². The van der Waals surface area contributed by atoms with Gasteiger partial charge in [0.25, 0.3) is 0 Å².